The van der Waals surface area contributed by atoms with Gasteiger partial charge in [0.1, 0.15) is 17.0 Å². The number of rotatable bonds is 5. The molecule has 0 fully saturated rings. The SMILES string of the molecule is CCOC(=O)C1=C(O)/C(=C\c2cc(C)n(-c3ccc(OC)c(Cl)c3)c2C)N=C1C. The van der Waals surface area contributed by atoms with Crippen LogP contribution < -0.4 is 4.74 Å². The number of aliphatic hydroxyl groups excluding tert-OH is 1. The van der Waals surface area contributed by atoms with Gasteiger partial charge in [0.05, 0.1) is 24.5 Å². The van der Waals surface area contributed by atoms with Crippen molar-refractivity contribution in [2.24, 2.45) is 4.99 Å². The second-order valence-corrected chi connectivity index (χ2v) is 7.06. The quantitative estimate of drug-likeness (QED) is 0.703. The van der Waals surface area contributed by atoms with Crippen molar-refractivity contribution in [1.29, 1.82) is 0 Å². The topological polar surface area (TPSA) is 73.0 Å². The Morgan fingerprint density at radius 1 is 1.28 bits per heavy atom. The van der Waals surface area contributed by atoms with Gasteiger partial charge in [-0.15, -0.1) is 0 Å². The molecule has 0 saturated heterocycles. The first-order chi connectivity index (χ1) is 13.8. The second-order valence-electron chi connectivity index (χ2n) is 6.65. The Morgan fingerprint density at radius 2 is 2.00 bits per heavy atom. The Balaban J connectivity index is 2.03. The smallest absolute Gasteiger partial charge is 0.343 e. The number of hydrogen-bond donors (Lipinski definition) is 1. The molecule has 1 aromatic heterocycles. The van der Waals surface area contributed by atoms with Crippen molar-refractivity contribution in [3.8, 4) is 11.4 Å². The largest absolute Gasteiger partial charge is 0.505 e. The lowest BCUT2D eigenvalue weighted by Crippen LogP contribution is -2.13. The molecule has 2 aromatic rings. The first-order valence-corrected chi connectivity index (χ1v) is 9.57. The monoisotopic (exact) mass is 414 g/mol. The molecule has 1 aliphatic rings. The fourth-order valence-electron chi connectivity index (χ4n) is 3.41. The third-order valence-electron chi connectivity index (χ3n) is 4.77. The molecule has 7 heteroatoms. The van der Waals surface area contributed by atoms with E-state index in [4.69, 9.17) is 21.1 Å². The molecule has 0 saturated carbocycles. The Hall–Kier alpha value is -2.99. The van der Waals surface area contributed by atoms with Crippen LogP contribution in [0.3, 0.4) is 0 Å². The van der Waals surface area contributed by atoms with Crippen LogP contribution in [0, 0.1) is 13.8 Å². The van der Waals surface area contributed by atoms with Gasteiger partial charge < -0.3 is 19.1 Å². The highest BCUT2D eigenvalue weighted by molar-refractivity contribution is 6.32. The van der Waals surface area contributed by atoms with E-state index >= 15 is 0 Å². The first-order valence-electron chi connectivity index (χ1n) is 9.19. The van der Waals surface area contributed by atoms with Gasteiger partial charge in [-0.1, -0.05) is 11.6 Å². The number of aromatic nitrogens is 1. The third kappa shape index (κ3) is 3.80. The average molecular weight is 415 g/mol. The van der Waals surface area contributed by atoms with Gasteiger partial charge in [0, 0.05) is 17.1 Å². The fourth-order valence-corrected chi connectivity index (χ4v) is 3.66. The number of carbonyl (C=O) groups excluding carboxylic acids is 1. The molecular weight excluding hydrogens is 392 g/mol. The summed E-state index contributed by atoms with van der Waals surface area (Å²) in [5.74, 6) is -0.135. The summed E-state index contributed by atoms with van der Waals surface area (Å²) >= 11 is 6.28. The zero-order valence-electron chi connectivity index (χ0n) is 17.0. The maximum atomic E-state index is 12.1. The molecule has 0 amide bonds. The molecule has 0 unspecified atom stereocenters. The number of nitrogens with zero attached hydrogens (tertiary/aromatic N) is 2. The number of aliphatic imine (C=N–C) groups is 1. The molecule has 6 nitrogen and oxygen atoms in total. The van der Waals surface area contributed by atoms with E-state index in [0.717, 1.165) is 22.6 Å². The minimum Gasteiger partial charge on any atom is -0.505 e. The summed E-state index contributed by atoms with van der Waals surface area (Å²) in [4.78, 5) is 16.4. The summed E-state index contributed by atoms with van der Waals surface area (Å²) in [6.45, 7) is 7.57. The molecule has 0 bridgehead atoms. The van der Waals surface area contributed by atoms with Crippen LogP contribution in [0.1, 0.15) is 30.8 Å². The number of carbonyl (C=O) groups is 1. The van der Waals surface area contributed by atoms with E-state index in [9.17, 15) is 9.90 Å². The van der Waals surface area contributed by atoms with Crippen LogP contribution in [-0.2, 0) is 9.53 Å². The molecule has 3 rings (SSSR count). The lowest BCUT2D eigenvalue weighted by atomic mass is 10.1. The van der Waals surface area contributed by atoms with Crippen molar-refractivity contribution < 1.29 is 19.4 Å². The zero-order chi connectivity index (χ0) is 21.3. The summed E-state index contributed by atoms with van der Waals surface area (Å²) in [5, 5.41) is 11.0. The predicted molar refractivity (Wildman–Crippen MR) is 114 cm³/mol. The van der Waals surface area contributed by atoms with Crippen LogP contribution in [0.5, 0.6) is 5.75 Å². The van der Waals surface area contributed by atoms with Crippen molar-refractivity contribution in [2.45, 2.75) is 27.7 Å². The molecule has 1 N–H and O–H groups in total. The molecule has 2 heterocycles. The molecule has 1 aliphatic heterocycles. The van der Waals surface area contributed by atoms with Crippen LogP contribution in [0.15, 0.2) is 46.3 Å². The van der Waals surface area contributed by atoms with Crippen LogP contribution >= 0.6 is 11.6 Å². The second kappa shape index (κ2) is 8.17. The third-order valence-corrected chi connectivity index (χ3v) is 5.06. The van der Waals surface area contributed by atoms with Crippen LogP contribution in [0.2, 0.25) is 5.02 Å². The molecule has 0 aliphatic carbocycles. The van der Waals surface area contributed by atoms with Crippen molar-refractivity contribution in [3.05, 3.63) is 63.3 Å². The first kappa shape index (κ1) is 20.7. The van der Waals surface area contributed by atoms with E-state index in [0.29, 0.717) is 22.2 Å². The number of benzene rings is 1. The van der Waals surface area contributed by atoms with Gasteiger partial charge in [-0.3, -0.25) is 0 Å². The normalized spacial score (nSPS) is 15.1. The van der Waals surface area contributed by atoms with Crippen molar-refractivity contribution in [2.75, 3.05) is 13.7 Å². The summed E-state index contributed by atoms with van der Waals surface area (Å²) in [7, 11) is 1.58. The van der Waals surface area contributed by atoms with E-state index in [1.165, 1.54) is 0 Å². The maximum Gasteiger partial charge on any atom is 0.343 e. The van der Waals surface area contributed by atoms with E-state index < -0.39 is 5.97 Å². The van der Waals surface area contributed by atoms with Crippen molar-refractivity contribution in [3.63, 3.8) is 0 Å². The summed E-state index contributed by atoms with van der Waals surface area (Å²) < 4.78 is 12.3. The number of halogens is 1. The average Bonchev–Trinajstić information content (AvgIpc) is 3.10. The predicted octanol–water partition coefficient (Wildman–Crippen LogP) is 4.95. The summed E-state index contributed by atoms with van der Waals surface area (Å²) in [5.41, 5.74) is 4.58. The van der Waals surface area contributed by atoms with Crippen molar-refractivity contribution in [1.82, 2.24) is 4.57 Å². The molecule has 0 atom stereocenters. The number of ether oxygens (including phenoxy) is 2. The molecule has 0 spiro atoms. The van der Waals surface area contributed by atoms with Crippen LogP contribution in [0.25, 0.3) is 11.8 Å². The molecular formula is C22H23ClN2O4. The van der Waals surface area contributed by atoms with Crippen molar-refractivity contribution >= 4 is 29.4 Å². The van der Waals surface area contributed by atoms with Gasteiger partial charge in [0.2, 0.25) is 0 Å². The Morgan fingerprint density at radius 3 is 2.62 bits per heavy atom. The highest BCUT2D eigenvalue weighted by Gasteiger charge is 2.28. The molecule has 152 valence electrons. The van der Waals surface area contributed by atoms with Crippen LogP contribution in [-0.4, -0.2) is 35.1 Å². The fraction of sp³-hybridized carbons (Fsp3) is 0.273. The minimum absolute atomic E-state index is 0.105. The van der Waals surface area contributed by atoms with Gasteiger partial charge in [0.25, 0.3) is 0 Å². The van der Waals surface area contributed by atoms with Crippen LogP contribution in [0.4, 0.5) is 0 Å². The van der Waals surface area contributed by atoms with Gasteiger partial charge in [0.15, 0.2) is 5.76 Å². The number of aliphatic hydroxyl groups is 1. The summed E-state index contributed by atoms with van der Waals surface area (Å²) in [6.07, 6.45) is 1.76. The van der Waals surface area contributed by atoms with E-state index in [1.807, 2.05) is 38.1 Å². The summed E-state index contributed by atoms with van der Waals surface area (Å²) in [6, 6.07) is 7.57. The Kier molecular flexibility index (Phi) is 5.84. The van der Waals surface area contributed by atoms with E-state index in [-0.39, 0.29) is 17.9 Å². The molecule has 29 heavy (non-hydrogen) atoms. The molecule has 1 aromatic carbocycles. The standard InChI is InChI=1S/C22H23ClN2O4/c1-6-29-22(27)20-13(3)24-18(21(20)26)10-15-9-12(2)25(14(15)4)16-7-8-19(28-5)17(23)11-16/h7-11,26H,6H2,1-5H3/b18-10+. The van der Waals surface area contributed by atoms with Gasteiger partial charge in [-0.25, -0.2) is 9.79 Å². The maximum absolute atomic E-state index is 12.1. The Bertz CT molecular complexity index is 1080. The highest BCUT2D eigenvalue weighted by Crippen LogP contribution is 2.31. The van der Waals surface area contributed by atoms with Gasteiger partial charge in [-0.05, 0) is 63.6 Å². The lowest BCUT2D eigenvalue weighted by Gasteiger charge is -2.12. The zero-order valence-corrected chi connectivity index (χ0v) is 17.8. The number of aryl methyl sites for hydroxylation is 1. The number of hydrogen-bond acceptors (Lipinski definition) is 5. The lowest BCUT2D eigenvalue weighted by molar-refractivity contribution is -0.138. The van der Waals surface area contributed by atoms with E-state index in [1.54, 1.807) is 27.0 Å². The number of methoxy groups -OCH3 is 1. The highest BCUT2D eigenvalue weighted by atomic mass is 35.5. The molecule has 0 radical (unpaired) electrons. The van der Waals surface area contributed by atoms with Gasteiger partial charge >= 0.3 is 5.97 Å². The van der Waals surface area contributed by atoms with Gasteiger partial charge in [-0.2, -0.15) is 0 Å². The minimum atomic E-state index is -0.576. The van der Waals surface area contributed by atoms with E-state index in [2.05, 4.69) is 9.56 Å². The number of esters is 1. The Labute approximate surface area is 174 Å².